The minimum atomic E-state index is -0.569. The number of carbonyl (C=O) groups excluding carboxylic acids is 1. The number of rotatable bonds is 4. The fraction of sp³-hybridized carbons (Fsp3) is 0.462. The molecule has 0 saturated carbocycles. The van der Waals surface area contributed by atoms with E-state index in [9.17, 15) is 4.79 Å². The summed E-state index contributed by atoms with van der Waals surface area (Å²) in [5.74, 6) is -0.0255. The van der Waals surface area contributed by atoms with Gasteiger partial charge in [0.2, 0.25) is 5.91 Å². The van der Waals surface area contributed by atoms with Gasteiger partial charge >= 0.3 is 0 Å². The minimum absolute atomic E-state index is 0.0255. The van der Waals surface area contributed by atoms with Crippen LogP contribution in [0.2, 0.25) is 5.02 Å². The van der Waals surface area contributed by atoms with E-state index >= 15 is 0 Å². The molecule has 0 aliphatic carbocycles. The average molecular weight is 255 g/mol. The molecule has 0 aromatic heterocycles. The molecule has 0 spiro atoms. The highest BCUT2D eigenvalue weighted by atomic mass is 35.5. The lowest BCUT2D eigenvalue weighted by Gasteiger charge is -2.25. The standard InChI is InChI=1S/C13H19ClN2O/c1-9(10-5-7-11(14)8-6-10)16-12(17)13(2,3)15-4/h5-9,15H,1-4H3,(H,16,17)/t9-/m0/s1. The monoisotopic (exact) mass is 254 g/mol. The molecule has 0 heterocycles. The van der Waals surface area contributed by atoms with E-state index in [1.54, 1.807) is 7.05 Å². The van der Waals surface area contributed by atoms with E-state index in [-0.39, 0.29) is 11.9 Å². The quantitative estimate of drug-likeness (QED) is 0.867. The van der Waals surface area contributed by atoms with Crippen molar-refractivity contribution in [1.29, 1.82) is 0 Å². The number of nitrogens with one attached hydrogen (secondary N) is 2. The Bertz CT molecular complexity index is 387. The second-order valence-electron chi connectivity index (χ2n) is 4.62. The Morgan fingerprint density at radius 1 is 1.29 bits per heavy atom. The van der Waals surface area contributed by atoms with E-state index in [2.05, 4.69) is 10.6 Å². The fourth-order valence-corrected chi connectivity index (χ4v) is 1.45. The lowest BCUT2D eigenvalue weighted by Crippen LogP contribution is -2.51. The molecule has 0 fully saturated rings. The Hall–Kier alpha value is -1.06. The molecule has 17 heavy (non-hydrogen) atoms. The molecule has 1 aromatic rings. The third-order valence-corrected chi connectivity index (χ3v) is 3.16. The molecule has 0 aliphatic heterocycles. The first kappa shape index (κ1) is 14.0. The molecule has 2 N–H and O–H groups in total. The second-order valence-corrected chi connectivity index (χ2v) is 5.06. The number of hydrogen-bond acceptors (Lipinski definition) is 2. The van der Waals surface area contributed by atoms with Crippen molar-refractivity contribution in [1.82, 2.24) is 10.6 Å². The van der Waals surface area contributed by atoms with E-state index in [1.807, 2.05) is 45.0 Å². The van der Waals surface area contributed by atoms with Gasteiger partial charge in [-0.3, -0.25) is 4.79 Å². The third-order valence-electron chi connectivity index (χ3n) is 2.91. The normalized spacial score (nSPS) is 13.2. The van der Waals surface area contributed by atoms with Gasteiger partial charge in [0.25, 0.3) is 0 Å². The number of carbonyl (C=O) groups is 1. The van der Waals surface area contributed by atoms with Crippen LogP contribution in [-0.2, 0) is 4.79 Å². The highest BCUT2D eigenvalue weighted by Crippen LogP contribution is 2.16. The summed E-state index contributed by atoms with van der Waals surface area (Å²) in [6, 6.07) is 7.44. The molecule has 94 valence electrons. The van der Waals surface area contributed by atoms with E-state index < -0.39 is 5.54 Å². The second kappa shape index (κ2) is 5.52. The fourth-order valence-electron chi connectivity index (χ4n) is 1.33. The summed E-state index contributed by atoms with van der Waals surface area (Å²) in [6.07, 6.45) is 0. The third kappa shape index (κ3) is 3.72. The lowest BCUT2D eigenvalue weighted by molar-refractivity contribution is -0.126. The zero-order valence-electron chi connectivity index (χ0n) is 10.7. The van der Waals surface area contributed by atoms with Crippen LogP contribution >= 0.6 is 11.6 Å². The summed E-state index contributed by atoms with van der Waals surface area (Å²) in [7, 11) is 1.77. The largest absolute Gasteiger partial charge is 0.348 e. The molecule has 1 rings (SSSR count). The molecule has 1 amide bonds. The highest BCUT2D eigenvalue weighted by Gasteiger charge is 2.26. The Morgan fingerprint density at radius 2 is 1.82 bits per heavy atom. The number of amides is 1. The van der Waals surface area contributed by atoms with Crippen molar-refractivity contribution in [3.63, 3.8) is 0 Å². The Labute approximate surface area is 108 Å². The molecule has 1 aromatic carbocycles. The summed E-state index contributed by atoms with van der Waals surface area (Å²) >= 11 is 5.82. The van der Waals surface area contributed by atoms with Gasteiger partial charge in [0.1, 0.15) is 0 Å². The van der Waals surface area contributed by atoms with E-state index in [1.165, 1.54) is 0 Å². The summed E-state index contributed by atoms with van der Waals surface area (Å²) in [5, 5.41) is 6.63. The summed E-state index contributed by atoms with van der Waals surface area (Å²) in [5.41, 5.74) is 0.468. The van der Waals surface area contributed by atoms with E-state index in [0.29, 0.717) is 5.02 Å². The molecule has 4 heteroatoms. The molecule has 3 nitrogen and oxygen atoms in total. The van der Waals surface area contributed by atoms with Gasteiger partial charge in [-0.1, -0.05) is 23.7 Å². The predicted octanol–water partition coefficient (Wildman–Crippen LogP) is 2.52. The smallest absolute Gasteiger partial charge is 0.240 e. The first-order chi connectivity index (χ1) is 7.86. The van der Waals surface area contributed by atoms with Gasteiger partial charge in [-0.05, 0) is 45.5 Å². The number of hydrogen-bond donors (Lipinski definition) is 2. The summed E-state index contributed by atoms with van der Waals surface area (Å²) in [6.45, 7) is 5.64. The molecule has 0 radical (unpaired) electrons. The van der Waals surface area contributed by atoms with Gasteiger partial charge in [0.15, 0.2) is 0 Å². The van der Waals surface area contributed by atoms with Crippen molar-refractivity contribution in [3.8, 4) is 0 Å². The summed E-state index contributed by atoms with van der Waals surface area (Å²) in [4.78, 5) is 11.9. The van der Waals surface area contributed by atoms with Crippen LogP contribution in [0.1, 0.15) is 32.4 Å². The molecular formula is C13H19ClN2O. The first-order valence-electron chi connectivity index (χ1n) is 5.62. The van der Waals surface area contributed by atoms with Crippen LogP contribution in [0.25, 0.3) is 0 Å². The van der Waals surface area contributed by atoms with Crippen LogP contribution in [0.15, 0.2) is 24.3 Å². The SMILES string of the molecule is CNC(C)(C)C(=O)N[C@@H](C)c1ccc(Cl)cc1. The lowest BCUT2D eigenvalue weighted by atomic mass is 10.0. The van der Waals surface area contributed by atoms with Gasteiger partial charge in [0, 0.05) is 5.02 Å². The zero-order chi connectivity index (χ0) is 13.1. The highest BCUT2D eigenvalue weighted by molar-refractivity contribution is 6.30. The number of benzene rings is 1. The van der Waals surface area contributed by atoms with Crippen molar-refractivity contribution >= 4 is 17.5 Å². The van der Waals surface area contributed by atoms with Crippen LogP contribution in [0.5, 0.6) is 0 Å². The van der Waals surface area contributed by atoms with Gasteiger partial charge < -0.3 is 10.6 Å². The van der Waals surface area contributed by atoms with Crippen LogP contribution in [0.3, 0.4) is 0 Å². The Morgan fingerprint density at radius 3 is 2.29 bits per heavy atom. The molecule has 1 atom stereocenters. The molecule has 0 aliphatic rings. The van der Waals surface area contributed by atoms with Crippen LogP contribution < -0.4 is 10.6 Å². The van der Waals surface area contributed by atoms with Gasteiger partial charge in [-0.15, -0.1) is 0 Å². The first-order valence-corrected chi connectivity index (χ1v) is 6.00. The van der Waals surface area contributed by atoms with E-state index in [4.69, 9.17) is 11.6 Å². The Kier molecular flexibility index (Phi) is 4.54. The van der Waals surface area contributed by atoms with Gasteiger partial charge in [0.05, 0.1) is 11.6 Å². The van der Waals surface area contributed by atoms with Crippen molar-refractivity contribution in [3.05, 3.63) is 34.9 Å². The van der Waals surface area contributed by atoms with Gasteiger partial charge in [-0.25, -0.2) is 0 Å². The zero-order valence-corrected chi connectivity index (χ0v) is 11.4. The van der Waals surface area contributed by atoms with Crippen molar-refractivity contribution in [2.75, 3.05) is 7.05 Å². The predicted molar refractivity (Wildman–Crippen MR) is 71.1 cm³/mol. The van der Waals surface area contributed by atoms with Crippen molar-refractivity contribution in [2.45, 2.75) is 32.4 Å². The number of likely N-dealkylation sites (N-methyl/N-ethyl adjacent to an activating group) is 1. The van der Waals surface area contributed by atoms with Crippen LogP contribution in [-0.4, -0.2) is 18.5 Å². The topological polar surface area (TPSA) is 41.1 Å². The van der Waals surface area contributed by atoms with Crippen LogP contribution in [0.4, 0.5) is 0 Å². The molecule has 0 bridgehead atoms. The van der Waals surface area contributed by atoms with Crippen molar-refractivity contribution < 1.29 is 4.79 Å². The van der Waals surface area contributed by atoms with E-state index in [0.717, 1.165) is 5.56 Å². The maximum atomic E-state index is 11.9. The maximum absolute atomic E-state index is 11.9. The minimum Gasteiger partial charge on any atom is -0.348 e. The average Bonchev–Trinajstić information content (AvgIpc) is 2.29. The number of halogens is 1. The van der Waals surface area contributed by atoms with Gasteiger partial charge in [-0.2, -0.15) is 0 Å². The molecule has 0 unspecified atom stereocenters. The van der Waals surface area contributed by atoms with Crippen molar-refractivity contribution in [2.24, 2.45) is 0 Å². The maximum Gasteiger partial charge on any atom is 0.240 e. The molecule has 0 saturated heterocycles. The summed E-state index contributed by atoms with van der Waals surface area (Å²) < 4.78 is 0. The molecular weight excluding hydrogens is 236 g/mol. The Balaban J connectivity index is 2.70. The van der Waals surface area contributed by atoms with Crippen LogP contribution in [0, 0.1) is 0 Å².